The summed E-state index contributed by atoms with van der Waals surface area (Å²) in [5.41, 5.74) is 0.415. The molecule has 14 heavy (non-hydrogen) atoms. The van der Waals surface area contributed by atoms with E-state index in [0.717, 1.165) is 0 Å². The molecule has 0 amide bonds. The maximum atomic E-state index is 11.1. The van der Waals surface area contributed by atoms with E-state index < -0.39 is 0 Å². The maximum Gasteiger partial charge on any atom is 0.103 e. The van der Waals surface area contributed by atoms with E-state index in [1.807, 2.05) is 0 Å². The van der Waals surface area contributed by atoms with Gasteiger partial charge in [-0.1, -0.05) is 32.4 Å². The van der Waals surface area contributed by atoms with Gasteiger partial charge in [-0.3, -0.25) is 0 Å². The second-order valence-corrected chi connectivity index (χ2v) is 5.98. The zero-order valence-electron chi connectivity index (χ0n) is 9.55. The van der Waals surface area contributed by atoms with Gasteiger partial charge in [-0.25, -0.2) is 0 Å². The molecule has 2 aliphatic carbocycles. The molecule has 0 aromatic carbocycles. The number of nitrogens with zero attached hydrogens (tertiary/aromatic N) is 1. The molecule has 0 heterocycles. The van der Waals surface area contributed by atoms with E-state index in [4.69, 9.17) is 0 Å². The summed E-state index contributed by atoms with van der Waals surface area (Å²) in [7, 11) is 0. The Morgan fingerprint density at radius 2 is 1.86 bits per heavy atom. The lowest BCUT2D eigenvalue weighted by Gasteiger charge is -2.56. The van der Waals surface area contributed by atoms with Gasteiger partial charge in [0.2, 0.25) is 0 Å². The highest BCUT2D eigenvalue weighted by atomic mass is 16.3. The molecule has 2 nitrogen and oxygen atoms in total. The molecule has 2 heteroatoms. The first-order valence-electron chi connectivity index (χ1n) is 5.85. The molecule has 0 aromatic heterocycles. The van der Waals surface area contributed by atoms with Crippen molar-refractivity contribution in [3.63, 3.8) is 0 Å². The van der Waals surface area contributed by atoms with Crippen LogP contribution in [0.4, 0.5) is 0 Å². The quantitative estimate of drug-likeness (QED) is 0.586. The highest BCUT2D eigenvalue weighted by molar-refractivity contribution is 5.07. The van der Waals surface area contributed by atoms with Crippen LogP contribution in [-0.4, -0.2) is 6.04 Å². The van der Waals surface area contributed by atoms with Gasteiger partial charge in [-0.2, -0.15) is 4.91 Å². The van der Waals surface area contributed by atoms with E-state index in [2.05, 4.69) is 25.9 Å². The summed E-state index contributed by atoms with van der Waals surface area (Å²) in [6.07, 6.45) is 6.28. The highest BCUT2D eigenvalue weighted by Crippen LogP contribution is 2.59. The lowest BCUT2D eigenvalue weighted by atomic mass is 9.49. The summed E-state index contributed by atoms with van der Waals surface area (Å²) in [5.74, 6) is 0.636. The molecular weight excluding hydrogens is 174 g/mol. The van der Waals surface area contributed by atoms with Gasteiger partial charge in [0.25, 0.3) is 0 Å². The van der Waals surface area contributed by atoms with Crippen LogP contribution in [0.25, 0.3) is 0 Å². The van der Waals surface area contributed by atoms with Crippen molar-refractivity contribution in [3.05, 3.63) is 4.91 Å². The van der Waals surface area contributed by atoms with E-state index >= 15 is 0 Å². The Morgan fingerprint density at radius 1 is 1.21 bits per heavy atom. The zero-order chi connectivity index (χ0) is 10.4. The van der Waals surface area contributed by atoms with Crippen molar-refractivity contribution in [3.8, 4) is 0 Å². The molecule has 0 saturated heterocycles. The van der Waals surface area contributed by atoms with Crippen molar-refractivity contribution in [2.75, 3.05) is 0 Å². The fourth-order valence-electron chi connectivity index (χ4n) is 3.47. The van der Waals surface area contributed by atoms with Crippen molar-refractivity contribution in [1.82, 2.24) is 0 Å². The first-order valence-corrected chi connectivity index (χ1v) is 5.85. The fraction of sp³-hybridized carbons (Fsp3) is 1.00. The SMILES string of the molecule is CC1CCC2(CCC2)C(N=O)C1(C)C. The summed E-state index contributed by atoms with van der Waals surface area (Å²) in [5, 5.41) is 3.48. The van der Waals surface area contributed by atoms with E-state index in [1.54, 1.807) is 0 Å². The normalized spacial score (nSPS) is 39.1. The molecule has 1 spiro atoms. The van der Waals surface area contributed by atoms with Gasteiger partial charge in [-0.15, -0.1) is 0 Å². The van der Waals surface area contributed by atoms with Crippen molar-refractivity contribution in [2.24, 2.45) is 21.9 Å². The monoisotopic (exact) mass is 195 g/mol. The maximum absolute atomic E-state index is 11.1. The van der Waals surface area contributed by atoms with Gasteiger partial charge in [0, 0.05) is 0 Å². The third-order valence-corrected chi connectivity index (χ3v) is 5.08. The molecule has 2 unspecified atom stereocenters. The minimum Gasteiger partial charge on any atom is -0.150 e. The topological polar surface area (TPSA) is 29.4 Å². The van der Waals surface area contributed by atoms with Gasteiger partial charge in [0.15, 0.2) is 0 Å². The van der Waals surface area contributed by atoms with Crippen molar-refractivity contribution in [2.45, 2.75) is 58.9 Å². The Morgan fingerprint density at radius 3 is 2.29 bits per heavy atom. The minimum atomic E-state index is 0.0625. The van der Waals surface area contributed by atoms with Crippen LogP contribution in [0, 0.1) is 21.7 Å². The second kappa shape index (κ2) is 3.04. The molecule has 2 aliphatic rings. The van der Waals surface area contributed by atoms with Crippen LogP contribution < -0.4 is 0 Å². The van der Waals surface area contributed by atoms with E-state index in [-0.39, 0.29) is 11.5 Å². The van der Waals surface area contributed by atoms with Crippen LogP contribution in [0.2, 0.25) is 0 Å². The fourth-order valence-corrected chi connectivity index (χ4v) is 3.47. The van der Waals surface area contributed by atoms with Crippen LogP contribution in [0.5, 0.6) is 0 Å². The van der Waals surface area contributed by atoms with Gasteiger partial charge < -0.3 is 0 Å². The summed E-state index contributed by atoms with van der Waals surface area (Å²) in [4.78, 5) is 11.1. The molecule has 2 rings (SSSR count). The van der Waals surface area contributed by atoms with Crippen molar-refractivity contribution < 1.29 is 0 Å². The largest absolute Gasteiger partial charge is 0.150 e. The molecule has 2 fully saturated rings. The average molecular weight is 195 g/mol. The molecule has 0 bridgehead atoms. The van der Waals surface area contributed by atoms with Crippen LogP contribution in [0.3, 0.4) is 0 Å². The van der Waals surface area contributed by atoms with Gasteiger partial charge in [0.05, 0.1) is 0 Å². The van der Waals surface area contributed by atoms with E-state index in [0.29, 0.717) is 11.3 Å². The predicted octanol–water partition coefficient (Wildman–Crippen LogP) is 3.75. The van der Waals surface area contributed by atoms with Crippen molar-refractivity contribution >= 4 is 0 Å². The van der Waals surface area contributed by atoms with Crippen LogP contribution in [0.1, 0.15) is 52.9 Å². The molecular formula is C12H21NO. The Kier molecular flexibility index (Phi) is 2.20. The van der Waals surface area contributed by atoms with Crippen molar-refractivity contribution in [1.29, 1.82) is 0 Å². The van der Waals surface area contributed by atoms with Gasteiger partial charge >= 0.3 is 0 Å². The molecule has 0 radical (unpaired) electrons. The number of hydrogen-bond donors (Lipinski definition) is 0. The molecule has 2 atom stereocenters. The van der Waals surface area contributed by atoms with Crippen LogP contribution in [0.15, 0.2) is 5.18 Å². The summed E-state index contributed by atoms with van der Waals surface area (Å²) in [6, 6.07) is 0.0625. The smallest absolute Gasteiger partial charge is 0.103 e. The molecule has 0 N–H and O–H groups in total. The van der Waals surface area contributed by atoms with Crippen LogP contribution >= 0.6 is 0 Å². The minimum absolute atomic E-state index is 0.0625. The summed E-state index contributed by atoms with van der Waals surface area (Å²) >= 11 is 0. The molecule has 80 valence electrons. The average Bonchev–Trinajstić information content (AvgIpc) is 2.06. The van der Waals surface area contributed by atoms with E-state index in [1.165, 1.54) is 32.1 Å². The Labute approximate surface area is 86.4 Å². The lowest BCUT2D eigenvalue weighted by molar-refractivity contribution is -0.0463. The Balaban J connectivity index is 2.27. The van der Waals surface area contributed by atoms with Crippen LogP contribution in [-0.2, 0) is 0 Å². The standard InChI is InChI=1S/C12H21NO/c1-9-5-8-12(6-4-7-12)10(13-14)11(9,2)3/h9-10H,4-8H2,1-3H3. The lowest BCUT2D eigenvalue weighted by Crippen LogP contribution is -2.53. The first-order chi connectivity index (χ1) is 6.53. The highest BCUT2D eigenvalue weighted by Gasteiger charge is 2.55. The second-order valence-electron chi connectivity index (χ2n) is 5.98. The Hall–Kier alpha value is -0.400. The van der Waals surface area contributed by atoms with Gasteiger partial charge in [0.1, 0.15) is 6.04 Å². The van der Waals surface area contributed by atoms with E-state index in [9.17, 15) is 4.91 Å². The zero-order valence-corrected chi connectivity index (χ0v) is 9.55. The molecule has 0 aromatic rings. The molecule has 2 saturated carbocycles. The Bertz CT molecular complexity index is 241. The van der Waals surface area contributed by atoms with Gasteiger partial charge in [-0.05, 0) is 42.4 Å². The number of rotatable bonds is 1. The summed E-state index contributed by atoms with van der Waals surface area (Å²) in [6.45, 7) is 6.72. The number of nitroso groups, excluding NO2 is 1. The number of hydrogen-bond acceptors (Lipinski definition) is 2. The third kappa shape index (κ3) is 1.15. The third-order valence-electron chi connectivity index (χ3n) is 5.08. The predicted molar refractivity (Wildman–Crippen MR) is 58.0 cm³/mol. The molecule has 0 aliphatic heterocycles. The first kappa shape index (κ1) is 10.1. The summed E-state index contributed by atoms with van der Waals surface area (Å²) < 4.78 is 0.